The molecule has 5 heteroatoms. The fourth-order valence-corrected chi connectivity index (χ4v) is 2.50. The standard InChI is InChI=1S/C14H20ClN3O/c1-18-6-4-10(5-7-18)9-17-14(19)12-8-11(15)2-3-13(12)16/h2-3,8,10H,4-7,9,16H2,1H3,(H,17,19). The van der Waals surface area contributed by atoms with Gasteiger partial charge in [0.2, 0.25) is 0 Å². The van der Waals surface area contributed by atoms with Crippen LogP contribution < -0.4 is 11.1 Å². The van der Waals surface area contributed by atoms with Crippen LogP contribution in [0.25, 0.3) is 0 Å². The monoisotopic (exact) mass is 281 g/mol. The van der Waals surface area contributed by atoms with Crippen LogP contribution in [0.3, 0.4) is 0 Å². The SMILES string of the molecule is CN1CCC(CNC(=O)c2cc(Cl)ccc2N)CC1. The number of piperidine rings is 1. The van der Waals surface area contributed by atoms with Gasteiger partial charge >= 0.3 is 0 Å². The molecule has 1 aromatic rings. The first-order valence-electron chi connectivity index (χ1n) is 6.58. The third-order valence-electron chi connectivity index (χ3n) is 3.65. The number of nitrogens with zero attached hydrogens (tertiary/aromatic N) is 1. The number of likely N-dealkylation sites (tertiary alicyclic amines) is 1. The number of hydrogen-bond donors (Lipinski definition) is 2. The number of rotatable bonds is 3. The highest BCUT2D eigenvalue weighted by molar-refractivity contribution is 6.31. The average Bonchev–Trinajstić information content (AvgIpc) is 2.40. The Kier molecular flexibility index (Phi) is 4.66. The molecule has 19 heavy (non-hydrogen) atoms. The molecule has 0 saturated carbocycles. The van der Waals surface area contributed by atoms with Crippen molar-refractivity contribution < 1.29 is 4.79 Å². The Hall–Kier alpha value is -1.26. The van der Waals surface area contributed by atoms with Gasteiger partial charge in [-0.2, -0.15) is 0 Å². The van der Waals surface area contributed by atoms with Crippen molar-refractivity contribution in [2.45, 2.75) is 12.8 Å². The molecule has 0 atom stereocenters. The van der Waals surface area contributed by atoms with Crippen molar-refractivity contribution in [3.63, 3.8) is 0 Å². The minimum absolute atomic E-state index is 0.140. The molecule has 0 aliphatic carbocycles. The Bertz CT molecular complexity index is 456. The number of carbonyl (C=O) groups is 1. The highest BCUT2D eigenvalue weighted by Crippen LogP contribution is 2.19. The van der Waals surface area contributed by atoms with Crippen molar-refractivity contribution in [1.29, 1.82) is 0 Å². The lowest BCUT2D eigenvalue weighted by atomic mass is 9.97. The zero-order chi connectivity index (χ0) is 13.8. The Morgan fingerprint density at radius 3 is 2.84 bits per heavy atom. The summed E-state index contributed by atoms with van der Waals surface area (Å²) in [6.07, 6.45) is 2.25. The Morgan fingerprint density at radius 2 is 2.16 bits per heavy atom. The van der Waals surface area contributed by atoms with Crippen LogP contribution in [0.15, 0.2) is 18.2 Å². The summed E-state index contributed by atoms with van der Waals surface area (Å²) < 4.78 is 0. The van der Waals surface area contributed by atoms with Gasteiger partial charge in [-0.25, -0.2) is 0 Å². The number of nitrogen functional groups attached to an aromatic ring is 1. The van der Waals surface area contributed by atoms with E-state index in [9.17, 15) is 4.79 Å². The number of amides is 1. The van der Waals surface area contributed by atoms with Gasteiger partial charge in [0, 0.05) is 17.3 Å². The summed E-state index contributed by atoms with van der Waals surface area (Å²) in [6.45, 7) is 2.90. The van der Waals surface area contributed by atoms with Crippen LogP contribution in [0, 0.1) is 5.92 Å². The van der Waals surface area contributed by atoms with Crippen LogP contribution in [0.4, 0.5) is 5.69 Å². The molecule has 104 valence electrons. The van der Waals surface area contributed by atoms with Crippen LogP contribution in [-0.4, -0.2) is 37.5 Å². The number of halogens is 1. The second-order valence-electron chi connectivity index (χ2n) is 5.19. The van der Waals surface area contributed by atoms with Crippen LogP contribution in [-0.2, 0) is 0 Å². The molecular formula is C14H20ClN3O. The van der Waals surface area contributed by atoms with Crippen LogP contribution in [0.5, 0.6) is 0 Å². The fraction of sp³-hybridized carbons (Fsp3) is 0.500. The number of nitrogens with two attached hydrogens (primary N) is 1. The first-order chi connectivity index (χ1) is 9.06. The minimum atomic E-state index is -0.140. The zero-order valence-corrected chi connectivity index (χ0v) is 11.9. The third kappa shape index (κ3) is 3.85. The van der Waals surface area contributed by atoms with E-state index in [1.807, 2.05) is 0 Å². The van der Waals surface area contributed by atoms with E-state index in [0.717, 1.165) is 25.9 Å². The molecule has 0 spiro atoms. The maximum atomic E-state index is 12.1. The second kappa shape index (κ2) is 6.26. The smallest absolute Gasteiger partial charge is 0.253 e. The number of hydrogen-bond acceptors (Lipinski definition) is 3. The van der Waals surface area contributed by atoms with E-state index >= 15 is 0 Å². The zero-order valence-electron chi connectivity index (χ0n) is 11.2. The first kappa shape index (κ1) is 14.2. The largest absolute Gasteiger partial charge is 0.398 e. The van der Waals surface area contributed by atoms with Crippen LogP contribution in [0.1, 0.15) is 23.2 Å². The van der Waals surface area contributed by atoms with Gasteiger partial charge in [0.1, 0.15) is 0 Å². The summed E-state index contributed by atoms with van der Waals surface area (Å²) in [4.78, 5) is 14.4. The van der Waals surface area contributed by atoms with Crippen LogP contribution >= 0.6 is 11.6 Å². The van der Waals surface area contributed by atoms with Gasteiger partial charge in [0.15, 0.2) is 0 Å². The number of anilines is 1. The highest BCUT2D eigenvalue weighted by Gasteiger charge is 2.18. The summed E-state index contributed by atoms with van der Waals surface area (Å²) in [5.41, 5.74) is 6.71. The molecule has 1 saturated heterocycles. The van der Waals surface area contributed by atoms with E-state index in [4.69, 9.17) is 17.3 Å². The molecule has 4 nitrogen and oxygen atoms in total. The van der Waals surface area contributed by atoms with E-state index in [1.54, 1.807) is 18.2 Å². The Balaban J connectivity index is 1.89. The van der Waals surface area contributed by atoms with Crippen molar-refractivity contribution in [2.75, 3.05) is 32.4 Å². The molecule has 2 rings (SSSR count). The maximum Gasteiger partial charge on any atom is 0.253 e. The first-order valence-corrected chi connectivity index (χ1v) is 6.96. The second-order valence-corrected chi connectivity index (χ2v) is 5.62. The van der Waals surface area contributed by atoms with E-state index in [2.05, 4.69) is 17.3 Å². The van der Waals surface area contributed by atoms with Crippen LogP contribution in [0.2, 0.25) is 5.02 Å². The molecule has 0 aromatic heterocycles. The summed E-state index contributed by atoms with van der Waals surface area (Å²) in [6, 6.07) is 4.96. The van der Waals surface area contributed by atoms with Crippen molar-refractivity contribution >= 4 is 23.2 Å². The molecule has 0 radical (unpaired) electrons. The molecule has 3 N–H and O–H groups in total. The predicted octanol–water partition coefficient (Wildman–Crippen LogP) is 1.99. The van der Waals surface area contributed by atoms with Crippen molar-refractivity contribution in [3.8, 4) is 0 Å². The molecule has 1 aromatic carbocycles. The third-order valence-corrected chi connectivity index (χ3v) is 3.88. The van der Waals surface area contributed by atoms with Gasteiger partial charge in [-0.1, -0.05) is 11.6 Å². The quantitative estimate of drug-likeness (QED) is 0.833. The molecule has 1 aliphatic rings. The van der Waals surface area contributed by atoms with Gasteiger partial charge in [-0.3, -0.25) is 4.79 Å². The normalized spacial score (nSPS) is 17.4. The summed E-state index contributed by atoms with van der Waals surface area (Å²) in [5.74, 6) is 0.416. The average molecular weight is 282 g/mol. The summed E-state index contributed by atoms with van der Waals surface area (Å²) in [7, 11) is 2.13. The van der Waals surface area contributed by atoms with E-state index in [0.29, 0.717) is 28.7 Å². The van der Waals surface area contributed by atoms with Gasteiger partial charge in [0.25, 0.3) is 5.91 Å². The fourth-order valence-electron chi connectivity index (χ4n) is 2.32. The minimum Gasteiger partial charge on any atom is -0.398 e. The van der Waals surface area contributed by atoms with E-state index < -0.39 is 0 Å². The van der Waals surface area contributed by atoms with E-state index in [1.165, 1.54) is 0 Å². The Labute approximate surface area is 118 Å². The van der Waals surface area contributed by atoms with Gasteiger partial charge in [-0.15, -0.1) is 0 Å². The van der Waals surface area contributed by atoms with Gasteiger partial charge in [-0.05, 0) is 57.1 Å². The Morgan fingerprint density at radius 1 is 1.47 bits per heavy atom. The highest BCUT2D eigenvalue weighted by atomic mass is 35.5. The molecule has 1 aliphatic heterocycles. The lowest BCUT2D eigenvalue weighted by Crippen LogP contribution is -2.37. The summed E-state index contributed by atoms with van der Waals surface area (Å²) >= 11 is 5.88. The van der Waals surface area contributed by atoms with Gasteiger partial charge in [0.05, 0.1) is 5.56 Å². The molecule has 1 fully saturated rings. The van der Waals surface area contributed by atoms with Gasteiger partial charge < -0.3 is 16.0 Å². The molecule has 1 heterocycles. The number of nitrogens with one attached hydrogen (secondary N) is 1. The van der Waals surface area contributed by atoms with Crippen molar-refractivity contribution in [1.82, 2.24) is 10.2 Å². The van der Waals surface area contributed by atoms with E-state index in [-0.39, 0.29) is 5.91 Å². The maximum absolute atomic E-state index is 12.1. The topological polar surface area (TPSA) is 58.4 Å². The number of carbonyl (C=O) groups excluding carboxylic acids is 1. The molecule has 0 unspecified atom stereocenters. The summed E-state index contributed by atoms with van der Waals surface area (Å²) in [5, 5.41) is 3.48. The predicted molar refractivity (Wildman–Crippen MR) is 78.4 cm³/mol. The molecule has 0 bridgehead atoms. The van der Waals surface area contributed by atoms with Crippen molar-refractivity contribution in [3.05, 3.63) is 28.8 Å². The lowest BCUT2D eigenvalue weighted by Gasteiger charge is -2.28. The van der Waals surface area contributed by atoms with Crippen molar-refractivity contribution in [2.24, 2.45) is 5.92 Å². The lowest BCUT2D eigenvalue weighted by molar-refractivity contribution is 0.0940. The molecule has 1 amide bonds. The molecular weight excluding hydrogens is 262 g/mol. The number of benzene rings is 1.